The summed E-state index contributed by atoms with van der Waals surface area (Å²) in [7, 11) is 2.05. The standard InChI is InChI=1S/C14H23N3O/c1-17-14-6-2-5-13(12(14)9-16-17)15-8-11-4-3-7-18-10-11/h9,11,13,15H,2-8,10H2,1H3. The van der Waals surface area contributed by atoms with Crippen molar-refractivity contribution in [2.24, 2.45) is 13.0 Å². The van der Waals surface area contributed by atoms with Gasteiger partial charge in [-0.1, -0.05) is 0 Å². The maximum absolute atomic E-state index is 5.54. The zero-order valence-corrected chi connectivity index (χ0v) is 11.2. The second kappa shape index (κ2) is 5.41. The fourth-order valence-corrected chi connectivity index (χ4v) is 3.20. The number of aromatic nitrogens is 2. The Bertz CT molecular complexity index is 396. The average molecular weight is 249 g/mol. The van der Waals surface area contributed by atoms with Gasteiger partial charge in [0.15, 0.2) is 0 Å². The van der Waals surface area contributed by atoms with E-state index in [9.17, 15) is 0 Å². The quantitative estimate of drug-likeness (QED) is 0.888. The first-order chi connectivity index (χ1) is 8.84. The molecule has 1 N–H and O–H groups in total. The van der Waals surface area contributed by atoms with Crippen molar-refractivity contribution >= 4 is 0 Å². The number of hydrogen-bond donors (Lipinski definition) is 1. The van der Waals surface area contributed by atoms with Gasteiger partial charge in [0.05, 0.1) is 12.8 Å². The van der Waals surface area contributed by atoms with Crippen LogP contribution in [0.5, 0.6) is 0 Å². The molecule has 2 aliphatic rings. The highest BCUT2D eigenvalue weighted by Crippen LogP contribution is 2.29. The van der Waals surface area contributed by atoms with Gasteiger partial charge in [0.25, 0.3) is 0 Å². The van der Waals surface area contributed by atoms with Crippen molar-refractivity contribution < 1.29 is 4.74 Å². The lowest BCUT2D eigenvalue weighted by molar-refractivity contribution is 0.0535. The van der Waals surface area contributed by atoms with Crippen LogP contribution in [0.4, 0.5) is 0 Å². The van der Waals surface area contributed by atoms with Crippen LogP contribution in [0.1, 0.15) is 43.0 Å². The van der Waals surface area contributed by atoms with Crippen molar-refractivity contribution in [3.8, 4) is 0 Å². The summed E-state index contributed by atoms with van der Waals surface area (Å²) in [5.41, 5.74) is 2.83. The van der Waals surface area contributed by atoms with Crippen LogP contribution in [0, 0.1) is 5.92 Å². The van der Waals surface area contributed by atoms with Crippen LogP contribution in [-0.4, -0.2) is 29.5 Å². The smallest absolute Gasteiger partial charge is 0.0540 e. The van der Waals surface area contributed by atoms with Crippen LogP contribution >= 0.6 is 0 Å². The summed E-state index contributed by atoms with van der Waals surface area (Å²) in [5, 5.41) is 8.12. The van der Waals surface area contributed by atoms with Crippen LogP contribution in [-0.2, 0) is 18.2 Å². The molecule has 1 aliphatic carbocycles. The van der Waals surface area contributed by atoms with E-state index >= 15 is 0 Å². The molecule has 0 saturated carbocycles. The predicted octanol–water partition coefficient (Wildman–Crippen LogP) is 1.81. The van der Waals surface area contributed by atoms with E-state index in [0.717, 1.165) is 19.8 Å². The molecule has 3 rings (SSSR count). The third-order valence-corrected chi connectivity index (χ3v) is 4.28. The molecule has 0 amide bonds. The maximum Gasteiger partial charge on any atom is 0.0540 e. The van der Waals surface area contributed by atoms with Crippen molar-refractivity contribution in [2.75, 3.05) is 19.8 Å². The number of ether oxygens (including phenoxy) is 1. The van der Waals surface area contributed by atoms with E-state index in [0.29, 0.717) is 12.0 Å². The zero-order valence-electron chi connectivity index (χ0n) is 11.2. The minimum absolute atomic E-state index is 0.504. The predicted molar refractivity (Wildman–Crippen MR) is 70.4 cm³/mol. The molecule has 1 fully saturated rings. The number of fused-ring (bicyclic) bond motifs is 1. The molecule has 0 spiro atoms. The van der Waals surface area contributed by atoms with Gasteiger partial charge in [0.2, 0.25) is 0 Å². The van der Waals surface area contributed by atoms with Crippen LogP contribution in [0.2, 0.25) is 0 Å². The normalized spacial score (nSPS) is 28.1. The Morgan fingerprint density at radius 3 is 3.22 bits per heavy atom. The molecule has 18 heavy (non-hydrogen) atoms. The van der Waals surface area contributed by atoms with E-state index in [2.05, 4.69) is 17.5 Å². The zero-order chi connectivity index (χ0) is 12.4. The highest BCUT2D eigenvalue weighted by atomic mass is 16.5. The Labute approximate surface area is 109 Å². The molecule has 1 aliphatic heterocycles. The number of nitrogens with one attached hydrogen (secondary N) is 1. The summed E-state index contributed by atoms with van der Waals surface area (Å²) < 4.78 is 7.57. The Kier molecular flexibility index (Phi) is 3.66. The molecule has 2 atom stereocenters. The van der Waals surface area contributed by atoms with Gasteiger partial charge in [-0.15, -0.1) is 0 Å². The van der Waals surface area contributed by atoms with Gasteiger partial charge in [-0.05, 0) is 38.0 Å². The fraction of sp³-hybridized carbons (Fsp3) is 0.786. The van der Waals surface area contributed by atoms with Crippen LogP contribution in [0.3, 0.4) is 0 Å². The molecule has 0 aromatic carbocycles. The van der Waals surface area contributed by atoms with Crippen molar-refractivity contribution in [3.63, 3.8) is 0 Å². The minimum atomic E-state index is 0.504. The lowest BCUT2D eigenvalue weighted by Crippen LogP contribution is -2.33. The van der Waals surface area contributed by atoms with Gasteiger partial charge >= 0.3 is 0 Å². The van der Waals surface area contributed by atoms with E-state index in [4.69, 9.17) is 4.74 Å². The first-order valence-corrected chi connectivity index (χ1v) is 7.16. The molecule has 100 valence electrons. The van der Waals surface area contributed by atoms with Crippen molar-refractivity contribution in [3.05, 3.63) is 17.5 Å². The highest BCUT2D eigenvalue weighted by Gasteiger charge is 2.24. The molecule has 0 radical (unpaired) electrons. The van der Waals surface area contributed by atoms with E-state index in [1.165, 1.54) is 43.4 Å². The van der Waals surface area contributed by atoms with Gasteiger partial charge in [-0.25, -0.2) is 0 Å². The number of aryl methyl sites for hydroxylation is 1. The summed E-state index contributed by atoms with van der Waals surface area (Å²) in [6, 6.07) is 0.504. The summed E-state index contributed by atoms with van der Waals surface area (Å²) >= 11 is 0. The second-order valence-corrected chi connectivity index (χ2v) is 5.61. The first kappa shape index (κ1) is 12.2. The lowest BCUT2D eigenvalue weighted by atomic mass is 9.92. The number of rotatable bonds is 3. The van der Waals surface area contributed by atoms with Crippen LogP contribution in [0.15, 0.2) is 6.20 Å². The Hall–Kier alpha value is -0.870. The largest absolute Gasteiger partial charge is 0.381 e. The molecule has 0 bridgehead atoms. The Balaban J connectivity index is 1.60. The van der Waals surface area contributed by atoms with E-state index in [1.807, 2.05) is 10.9 Å². The molecule has 1 saturated heterocycles. The fourth-order valence-electron chi connectivity index (χ4n) is 3.20. The molecular formula is C14H23N3O. The molecule has 4 nitrogen and oxygen atoms in total. The van der Waals surface area contributed by atoms with Crippen molar-refractivity contribution in [2.45, 2.75) is 38.1 Å². The second-order valence-electron chi connectivity index (χ2n) is 5.61. The molecule has 4 heteroatoms. The average Bonchev–Trinajstić information content (AvgIpc) is 2.80. The lowest BCUT2D eigenvalue weighted by Gasteiger charge is -2.28. The summed E-state index contributed by atoms with van der Waals surface area (Å²) in [6.45, 7) is 2.96. The first-order valence-electron chi connectivity index (χ1n) is 7.16. The molecular weight excluding hydrogens is 226 g/mol. The topological polar surface area (TPSA) is 39.1 Å². The van der Waals surface area contributed by atoms with Gasteiger partial charge in [-0.2, -0.15) is 5.10 Å². The van der Waals surface area contributed by atoms with Crippen LogP contribution in [0.25, 0.3) is 0 Å². The Morgan fingerprint density at radius 1 is 1.44 bits per heavy atom. The summed E-state index contributed by atoms with van der Waals surface area (Å²) in [4.78, 5) is 0. The van der Waals surface area contributed by atoms with Crippen molar-refractivity contribution in [1.82, 2.24) is 15.1 Å². The summed E-state index contributed by atoms with van der Waals surface area (Å²) in [6.07, 6.45) is 8.26. The molecule has 1 aromatic heterocycles. The van der Waals surface area contributed by atoms with E-state index in [1.54, 1.807) is 0 Å². The Morgan fingerprint density at radius 2 is 2.39 bits per heavy atom. The van der Waals surface area contributed by atoms with Gasteiger partial charge in [0.1, 0.15) is 0 Å². The van der Waals surface area contributed by atoms with Crippen molar-refractivity contribution in [1.29, 1.82) is 0 Å². The number of hydrogen-bond acceptors (Lipinski definition) is 3. The molecule has 1 aromatic rings. The van der Waals surface area contributed by atoms with Gasteiger partial charge in [0, 0.05) is 37.5 Å². The molecule has 2 heterocycles. The third kappa shape index (κ3) is 2.45. The third-order valence-electron chi connectivity index (χ3n) is 4.28. The van der Waals surface area contributed by atoms with E-state index < -0.39 is 0 Å². The highest BCUT2D eigenvalue weighted by molar-refractivity contribution is 5.24. The van der Waals surface area contributed by atoms with E-state index in [-0.39, 0.29) is 0 Å². The minimum Gasteiger partial charge on any atom is -0.381 e. The monoisotopic (exact) mass is 249 g/mol. The summed E-state index contributed by atoms with van der Waals surface area (Å²) in [5.74, 6) is 0.695. The molecule has 2 unspecified atom stereocenters. The van der Waals surface area contributed by atoms with Gasteiger partial charge in [-0.3, -0.25) is 4.68 Å². The van der Waals surface area contributed by atoms with Gasteiger partial charge < -0.3 is 10.1 Å². The number of nitrogens with zero attached hydrogens (tertiary/aromatic N) is 2. The maximum atomic E-state index is 5.54. The SMILES string of the molecule is Cn1ncc2c1CCCC2NCC1CCCOC1. The van der Waals surface area contributed by atoms with Crippen LogP contribution < -0.4 is 5.32 Å².